The summed E-state index contributed by atoms with van der Waals surface area (Å²) in [5, 5.41) is 0. The minimum absolute atomic E-state index is 0.0461. The number of allylic oxidation sites excluding steroid dienone is 1. The lowest BCUT2D eigenvalue weighted by Crippen LogP contribution is -2.49. The fourth-order valence-electron chi connectivity index (χ4n) is 4.63. The van der Waals surface area contributed by atoms with Crippen molar-refractivity contribution < 1.29 is 16.8 Å². The van der Waals surface area contributed by atoms with Crippen molar-refractivity contribution in [3.63, 3.8) is 0 Å². The summed E-state index contributed by atoms with van der Waals surface area (Å²) in [6.07, 6.45) is 3.78. The van der Waals surface area contributed by atoms with Gasteiger partial charge in [-0.1, -0.05) is 94.3 Å². The van der Waals surface area contributed by atoms with Gasteiger partial charge in [-0.15, -0.1) is 0 Å². The van der Waals surface area contributed by atoms with E-state index in [0.717, 1.165) is 36.9 Å². The lowest BCUT2D eigenvalue weighted by molar-refractivity contribution is 0.404. The zero-order chi connectivity index (χ0) is 31.5. The molecule has 1 atom stereocenters. The Morgan fingerprint density at radius 2 is 1.11 bits per heavy atom. The van der Waals surface area contributed by atoms with Gasteiger partial charge in [-0.05, 0) is 89.1 Å². The molecule has 10 heteroatoms. The average molecular weight is 663 g/mol. The quantitative estimate of drug-likeness (QED) is 0.168. The van der Waals surface area contributed by atoms with Crippen LogP contribution >= 0.6 is 23.5 Å². The molecule has 0 radical (unpaired) electrons. The molecular weight excluding hydrogens is 629 g/mol. The van der Waals surface area contributed by atoms with Crippen LogP contribution in [0.2, 0.25) is 0 Å². The fourth-order valence-corrected chi connectivity index (χ4v) is 9.67. The van der Waals surface area contributed by atoms with E-state index in [0.29, 0.717) is 12.8 Å². The molecule has 6 nitrogen and oxygen atoms in total. The van der Waals surface area contributed by atoms with Crippen LogP contribution in [0.4, 0.5) is 0 Å². The van der Waals surface area contributed by atoms with Crippen LogP contribution in [0, 0.1) is 27.7 Å². The van der Waals surface area contributed by atoms with Crippen LogP contribution < -0.4 is 0 Å². The van der Waals surface area contributed by atoms with E-state index in [1.165, 1.54) is 46.2 Å². The first-order chi connectivity index (χ1) is 20.9. The van der Waals surface area contributed by atoms with Gasteiger partial charge in [0, 0.05) is 20.9 Å². The smallest absolute Gasteiger partial charge is 0.251 e. The standard InChI is InChI=1S/C34H34N2O4S4/c1-25-5-13-29(14-6-25)41-31-21-22-34(42-30-15-7-26(2)8-16-30,24-35-43(37,38)32-17-9-27(3)10-18-32)36(23-31)44(39,40)33-19-11-28(4)12-20-33/h5-20,23-24H,21-22H2,1-4H3/b35-24+. The van der Waals surface area contributed by atoms with Gasteiger partial charge >= 0.3 is 0 Å². The van der Waals surface area contributed by atoms with Gasteiger partial charge in [0.15, 0.2) is 0 Å². The molecule has 228 valence electrons. The number of benzene rings is 4. The molecule has 44 heavy (non-hydrogen) atoms. The number of rotatable bonds is 9. The van der Waals surface area contributed by atoms with Crippen molar-refractivity contribution in [3.8, 4) is 0 Å². The van der Waals surface area contributed by atoms with Crippen LogP contribution in [0.15, 0.2) is 132 Å². The molecule has 4 aromatic carbocycles. The highest BCUT2D eigenvalue weighted by molar-refractivity contribution is 8.03. The van der Waals surface area contributed by atoms with Crippen LogP contribution in [0.5, 0.6) is 0 Å². The van der Waals surface area contributed by atoms with E-state index >= 15 is 0 Å². The van der Waals surface area contributed by atoms with E-state index in [-0.39, 0.29) is 9.79 Å². The lowest BCUT2D eigenvalue weighted by Gasteiger charge is -2.42. The van der Waals surface area contributed by atoms with E-state index in [4.69, 9.17) is 0 Å². The number of hydrogen-bond donors (Lipinski definition) is 0. The lowest BCUT2D eigenvalue weighted by atomic mass is 10.1. The number of aryl methyl sites for hydroxylation is 4. The molecule has 4 aromatic rings. The van der Waals surface area contributed by atoms with Gasteiger partial charge < -0.3 is 0 Å². The average Bonchev–Trinajstić information content (AvgIpc) is 3.00. The Labute approximate surface area is 269 Å². The molecule has 1 aliphatic heterocycles. The summed E-state index contributed by atoms with van der Waals surface area (Å²) in [7, 11) is -8.26. The van der Waals surface area contributed by atoms with Gasteiger partial charge in [0.25, 0.3) is 20.0 Å². The maximum atomic E-state index is 14.5. The largest absolute Gasteiger partial charge is 0.282 e. The van der Waals surface area contributed by atoms with Crippen molar-refractivity contribution in [1.29, 1.82) is 0 Å². The van der Waals surface area contributed by atoms with Crippen LogP contribution in [0.25, 0.3) is 0 Å². The minimum Gasteiger partial charge on any atom is -0.251 e. The predicted octanol–water partition coefficient (Wildman–Crippen LogP) is 8.29. The third kappa shape index (κ3) is 7.31. The van der Waals surface area contributed by atoms with E-state index in [1.54, 1.807) is 42.6 Å². The van der Waals surface area contributed by atoms with Crippen LogP contribution in [0.1, 0.15) is 35.1 Å². The van der Waals surface area contributed by atoms with E-state index in [1.807, 2.05) is 76.2 Å². The van der Waals surface area contributed by atoms with Crippen LogP contribution in [-0.2, 0) is 20.0 Å². The molecule has 0 N–H and O–H groups in total. The first kappa shape index (κ1) is 32.1. The molecule has 0 aliphatic carbocycles. The first-order valence-corrected chi connectivity index (χ1v) is 18.6. The van der Waals surface area contributed by atoms with Gasteiger partial charge in [0.05, 0.1) is 16.0 Å². The highest BCUT2D eigenvalue weighted by atomic mass is 32.2. The van der Waals surface area contributed by atoms with Crippen molar-refractivity contribution in [2.75, 3.05) is 0 Å². The van der Waals surface area contributed by atoms with Gasteiger partial charge in [0.1, 0.15) is 4.87 Å². The van der Waals surface area contributed by atoms with Crippen molar-refractivity contribution in [2.24, 2.45) is 4.40 Å². The Balaban J connectivity index is 1.66. The summed E-state index contributed by atoms with van der Waals surface area (Å²) in [5.74, 6) is 0. The summed E-state index contributed by atoms with van der Waals surface area (Å²) in [5.41, 5.74) is 4.05. The number of thioether (sulfide) groups is 2. The van der Waals surface area contributed by atoms with Crippen molar-refractivity contribution in [1.82, 2.24) is 4.31 Å². The molecule has 0 saturated heterocycles. The van der Waals surface area contributed by atoms with Gasteiger partial charge in [0.2, 0.25) is 0 Å². The number of hydrogen-bond acceptors (Lipinski definition) is 6. The maximum absolute atomic E-state index is 14.5. The third-order valence-electron chi connectivity index (χ3n) is 7.24. The second kappa shape index (κ2) is 13.0. The summed E-state index contributed by atoms with van der Waals surface area (Å²) < 4.78 is 61.3. The normalized spacial score (nSPS) is 17.5. The van der Waals surface area contributed by atoms with Crippen molar-refractivity contribution in [2.45, 2.75) is 65.0 Å². The molecular formula is C34H34N2O4S4. The molecule has 5 rings (SSSR count). The highest BCUT2D eigenvalue weighted by Crippen LogP contribution is 2.48. The molecule has 1 heterocycles. The minimum atomic E-state index is -4.15. The second-order valence-electron chi connectivity index (χ2n) is 10.9. The van der Waals surface area contributed by atoms with Gasteiger partial charge in [-0.3, -0.25) is 4.31 Å². The molecule has 0 amide bonds. The molecule has 0 saturated carbocycles. The Bertz CT molecular complexity index is 1900. The Morgan fingerprint density at radius 1 is 0.659 bits per heavy atom. The molecule has 0 fully saturated rings. The zero-order valence-corrected chi connectivity index (χ0v) is 28.2. The first-order valence-electron chi connectivity index (χ1n) is 14.1. The monoisotopic (exact) mass is 662 g/mol. The van der Waals surface area contributed by atoms with E-state index in [2.05, 4.69) is 4.40 Å². The van der Waals surface area contributed by atoms with Gasteiger partial charge in [-0.2, -0.15) is 12.8 Å². The third-order valence-corrected chi connectivity index (χ3v) is 12.9. The zero-order valence-electron chi connectivity index (χ0n) is 25.0. The summed E-state index contributed by atoms with van der Waals surface area (Å²) in [4.78, 5) is 1.42. The molecule has 0 bridgehead atoms. The number of nitrogens with zero attached hydrogens (tertiary/aromatic N) is 2. The van der Waals surface area contributed by atoms with Crippen molar-refractivity contribution in [3.05, 3.63) is 130 Å². The van der Waals surface area contributed by atoms with Crippen molar-refractivity contribution >= 4 is 49.8 Å². The fraction of sp³-hybridized carbons (Fsp3) is 0.206. The summed E-state index contributed by atoms with van der Waals surface area (Å²) in [6, 6.07) is 28.9. The Hall–Kier alpha value is -3.31. The summed E-state index contributed by atoms with van der Waals surface area (Å²) >= 11 is 2.79. The highest BCUT2D eigenvalue weighted by Gasteiger charge is 2.45. The van der Waals surface area contributed by atoms with Gasteiger partial charge in [-0.25, -0.2) is 8.42 Å². The maximum Gasteiger partial charge on any atom is 0.282 e. The van der Waals surface area contributed by atoms with Crippen LogP contribution in [-0.4, -0.2) is 32.2 Å². The number of sulfonamides is 2. The SMILES string of the molecule is Cc1ccc(SC2=CN(S(=O)(=O)c3ccc(C)cc3)C(/C=N/S(=O)(=O)c3ccc(C)cc3)(Sc3ccc(C)cc3)CC2)cc1. The molecule has 1 unspecified atom stereocenters. The Morgan fingerprint density at radius 3 is 1.64 bits per heavy atom. The van der Waals surface area contributed by atoms with E-state index < -0.39 is 24.9 Å². The second-order valence-corrected chi connectivity index (χ2v) is 16.9. The Kier molecular flexibility index (Phi) is 9.46. The summed E-state index contributed by atoms with van der Waals surface area (Å²) in [6.45, 7) is 7.77. The molecule has 1 aliphatic rings. The van der Waals surface area contributed by atoms with Crippen LogP contribution in [0.3, 0.4) is 0 Å². The molecule has 0 spiro atoms. The topological polar surface area (TPSA) is 83.9 Å². The molecule has 0 aromatic heterocycles. The van der Waals surface area contributed by atoms with E-state index in [9.17, 15) is 16.8 Å². The predicted molar refractivity (Wildman–Crippen MR) is 181 cm³/mol.